The maximum atomic E-state index is 10.6. The lowest BCUT2D eigenvalue weighted by Crippen LogP contribution is -2.01. The van der Waals surface area contributed by atoms with E-state index in [2.05, 4.69) is 0 Å². The number of carboxylic acid groups (broad SMARTS) is 1. The Hall–Kier alpha value is -2.01. The summed E-state index contributed by atoms with van der Waals surface area (Å²) >= 11 is 0. The van der Waals surface area contributed by atoms with E-state index in [9.17, 15) is 4.79 Å². The van der Waals surface area contributed by atoms with Gasteiger partial charge in [-0.1, -0.05) is 0 Å². The van der Waals surface area contributed by atoms with Crippen LogP contribution < -0.4 is 9.47 Å². The molecule has 1 rings (SSSR count). The Morgan fingerprint density at radius 3 is 2.65 bits per heavy atom. The molecule has 0 radical (unpaired) electrons. The van der Waals surface area contributed by atoms with Crippen LogP contribution in [0.4, 0.5) is 0 Å². The maximum Gasteiger partial charge on any atom is 0.328 e. The van der Waals surface area contributed by atoms with Gasteiger partial charge < -0.3 is 19.3 Å². The third-order valence-electron chi connectivity index (χ3n) is 2.62. The van der Waals surface area contributed by atoms with Gasteiger partial charge >= 0.3 is 5.97 Å². The molecular formula is C15H20O5. The highest BCUT2D eigenvalue weighted by molar-refractivity contribution is 5.86. The van der Waals surface area contributed by atoms with Gasteiger partial charge in [0.25, 0.3) is 0 Å². The molecule has 0 fully saturated rings. The summed E-state index contributed by atoms with van der Waals surface area (Å²) in [5, 5.41) is 8.69. The average Bonchev–Trinajstić information content (AvgIpc) is 2.45. The number of aliphatic carboxylic acids is 1. The molecule has 5 nitrogen and oxygen atoms in total. The van der Waals surface area contributed by atoms with Crippen molar-refractivity contribution in [2.24, 2.45) is 0 Å². The van der Waals surface area contributed by atoms with Crippen LogP contribution in [-0.4, -0.2) is 38.5 Å². The van der Waals surface area contributed by atoms with Gasteiger partial charge in [0.2, 0.25) is 0 Å². The fraction of sp³-hybridized carbons (Fsp3) is 0.400. The average molecular weight is 280 g/mol. The molecule has 0 bridgehead atoms. The van der Waals surface area contributed by atoms with Crippen molar-refractivity contribution in [1.82, 2.24) is 0 Å². The van der Waals surface area contributed by atoms with Crippen LogP contribution in [0.1, 0.15) is 18.4 Å². The molecule has 0 saturated carbocycles. The number of rotatable bonds is 9. The summed E-state index contributed by atoms with van der Waals surface area (Å²) in [5.41, 5.74) is 0.679. The standard InChI is InChI=1S/C15H20O5/c1-18-9-3-4-10-20-14-7-6-13(19-2)11-12(14)5-8-15(16)17/h5-8,11H,3-4,9-10H2,1-2H3,(H,16,17)/b8-5+. The van der Waals surface area contributed by atoms with Crippen LogP contribution in [-0.2, 0) is 9.53 Å². The maximum absolute atomic E-state index is 10.6. The van der Waals surface area contributed by atoms with E-state index in [0.29, 0.717) is 30.3 Å². The second kappa shape index (κ2) is 8.98. The number of methoxy groups -OCH3 is 2. The summed E-state index contributed by atoms with van der Waals surface area (Å²) in [4.78, 5) is 10.6. The summed E-state index contributed by atoms with van der Waals surface area (Å²) in [5.74, 6) is 0.293. The lowest BCUT2D eigenvalue weighted by molar-refractivity contribution is -0.131. The minimum absolute atomic E-state index is 0.559. The first kappa shape index (κ1) is 16.0. The number of hydrogen-bond acceptors (Lipinski definition) is 4. The second-order valence-corrected chi connectivity index (χ2v) is 4.12. The lowest BCUT2D eigenvalue weighted by atomic mass is 10.1. The van der Waals surface area contributed by atoms with Crippen molar-refractivity contribution in [1.29, 1.82) is 0 Å². The first-order valence-corrected chi connectivity index (χ1v) is 6.38. The molecule has 0 unspecified atom stereocenters. The van der Waals surface area contributed by atoms with Gasteiger partial charge in [0.05, 0.1) is 13.7 Å². The van der Waals surface area contributed by atoms with E-state index in [1.165, 1.54) is 6.08 Å². The monoisotopic (exact) mass is 280 g/mol. The zero-order valence-corrected chi connectivity index (χ0v) is 11.8. The molecule has 20 heavy (non-hydrogen) atoms. The van der Waals surface area contributed by atoms with Gasteiger partial charge in [-0.3, -0.25) is 0 Å². The van der Waals surface area contributed by atoms with Gasteiger partial charge in [0.1, 0.15) is 11.5 Å². The highest BCUT2D eigenvalue weighted by Gasteiger charge is 2.04. The molecule has 5 heteroatoms. The molecule has 0 aliphatic carbocycles. The molecule has 0 amide bonds. The Kier molecular flexibility index (Phi) is 7.21. The minimum atomic E-state index is -1.00. The van der Waals surface area contributed by atoms with Gasteiger partial charge in [-0.25, -0.2) is 4.79 Å². The van der Waals surface area contributed by atoms with Crippen molar-refractivity contribution in [2.75, 3.05) is 27.4 Å². The van der Waals surface area contributed by atoms with Crippen LogP contribution in [0.15, 0.2) is 24.3 Å². The Morgan fingerprint density at radius 2 is 2.00 bits per heavy atom. The fourth-order valence-electron chi connectivity index (χ4n) is 1.61. The number of carboxylic acids is 1. The van der Waals surface area contributed by atoms with E-state index < -0.39 is 5.97 Å². The first-order chi connectivity index (χ1) is 9.67. The second-order valence-electron chi connectivity index (χ2n) is 4.12. The Labute approximate surface area is 118 Å². The molecule has 0 atom stereocenters. The molecular weight excluding hydrogens is 260 g/mol. The molecule has 0 saturated heterocycles. The van der Waals surface area contributed by atoms with Gasteiger partial charge in [-0.05, 0) is 37.1 Å². The van der Waals surface area contributed by atoms with E-state index in [1.807, 2.05) is 0 Å². The molecule has 0 aromatic heterocycles. The third kappa shape index (κ3) is 5.75. The fourth-order valence-corrected chi connectivity index (χ4v) is 1.61. The summed E-state index contributed by atoms with van der Waals surface area (Å²) < 4.78 is 15.7. The number of hydrogen-bond donors (Lipinski definition) is 1. The van der Waals surface area contributed by atoms with Crippen molar-refractivity contribution in [3.8, 4) is 11.5 Å². The normalized spacial score (nSPS) is 10.7. The van der Waals surface area contributed by atoms with Gasteiger partial charge in [0.15, 0.2) is 0 Å². The zero-order chi connectivity index (χ0) is 14.8. The van der Waals surface area contributed by atoms with E-state index >= 15 is 0 Å². The summed E-state index contributed by atoms with van der Waals surface area (Å²) in [6, 6.07) is 5.29. The van der Waals surface area contributed by atoms with E-state index in [0.717, 1.165) is 18.9 Å². The highest BCUT2D eigenvalue weighted by atomic mass is 16.5. The van der Waals surface area contributed by atoms with Crippen LogP contribution in [0.25, 0.3) is 6.08 Å². The van der Waals surface area contributed by atoms with E-state index in [4.69, 9.17) is 19.3 Å². The summed E-state index contributed by atoms with van der Waals surface area (Å²) in [6.07, 6.45) is 4.37. The smallest absolute Gasteiger partial charge is 0.328 e. The van der Waals surface area contributed by atoms with Gasteiger partial charge in [0, 0.05) is 25.4 Å². The minimum Gasteiger partial charge on any atom is -0.497 e. The van der Waals surface area contributed by atoms with Crippen molar-refractivity contribution in [2.45, 2.75) is 12.8 Å². The van der Waals surface area contributed by atoms with Gasteiger partial charge in [-0.2, -0.15) is 0 Å². The largest absolute Gasteiger partial charge is 0.497 e. The first-order valence-electron chi connectivity index (χ1n) is 6.38. The van der Waals surface area contributed by atoms with E-state index in [1.54, 1.807) is 32.4 Å². The van der Waals surface area contributed by atoms with Crippen molar-refractivity contribution in [3.05, 3.63) is 29.8 Å². The number of ether oxygens (including phenoxy) is 3. The lowest BCUT2D eigenvalue weighted by Gasteiger charge is -2.10. The van der Waals surface area contributed by atoms with Crippen molar-refractivity contribution < 1.29 is 24.1 Å². The Morgan fingerprint density at radius 1 is 1.25 bits per heavy atom. The topological polar surface area (TPSA) is 65.0 Å². The Balaban J connectivity index is 2.70. The van der Waals surface area contributed by atoms with Crippen LogP contribution in [0, 0.1) is 0 Å². The predicted octanol–water partition coefficient (Wildman–Crippen LogP) is 2.60. The molecule has 0 aliphatic heterocycles. The molecule has 1 aromatic carbocycles. The van der Waals surface area contributed by atoms with Crippen molar-refractivity contribution in [3.63, 3.8) is 0 Å². The third-order valence-corrected chi connectivity index (χ3v) is 2.62. The molecule has 0 aliphatic rings. The predicted molar refractivity (Wildman–Crippen MR) is 76.3 cm³/mol. The number of unbranched alkanes of at least 4 members (excludes halogenated alkanes) is 1. The molecule has 1 N–H and O–H groups in total. The summed E-state index contributed by atoms with van der Waals surface area (Å²) in [6.45, 7) is 1.27. The SMILES string of the molecule is COCCCCOc1ccc(OC)cc1/C=C/C(=O)O. The molecule has 0 spiro atoms. The highest BCUT2D eigenvalue weighted by Crippen LogP contribution is 2.25. The van der Waals surface area contributed by atoms with Crippen LogP contribution in [0.2, 0.25) is 0 Å². The molecule has 0 heterocycles. The number of benzene rings is 1. The Bertz CT molecular complexity index is 454. The van der Waals surface area contributed by atoms with E-state index in [-0.39, 0.29) is 0 Å². The number of carbonyl (C=O) groups is 1. The zero-order valence-electron chi connectivity index (χ0n) is 11.8. The van der Waals surface area contributed by atoms with Crippen molar-refractivity contribution >= 4 is 12.0 Å². The van der Waals surface area contributed by atoms with Gasteiger partial charge in [-0.15, -0.1) is 0 Å². The quantitative estimate of drug-likeness (QED) is 0.556. The van der Waals surface area contributed by atoms with Crippen LogP contribution >= 0.6 is 0 Å². The molecule has 110 valence electrons. The summed E-state index contributed by atoms with van der Waals surface area (Å²) in [7, 11) is 3.23. The van der Waals surface area contributed by atoms with Crippen LogP contribution in [0.5, 0.6) is 11.5 Å². The molecule has 1 aromatic rings. The van der Waals surface area contributed by atoms with Crippen LogP contribution in [0.3, 0.4) is 0 Å².